The number of esters is 1. The molecule has 158 valence electrons. The smallest absolute Gasteiger partial charge is 0.328 e. The van der Waals surface area contributed by atoms with E-state index in [0.717, 1.165) is 16.7 Å². The molecule has 0 saturated carbocycles. The van der Waals surface area contributed by atoms with Gasteiger partial charge in [-0.25, -0.2) is 4.79 Å². The first-order chi connectivity index (χ1) is 15.1. The summed E-state index contributed by atoms with van der Waals surface area (Å²) < 4.78 is 5.10. The molecule has 0 aliphatic heterocycles. The van der Waals surface area contributed by atoms with Crippen LogP contribution in [0.5, 0.6) is 0 Å². The monoisotopic (exact) mass is 413 g/mol. The summed E-state index contributed by atoms with van der Waals surface area (Å²) in [6, 6.07) is 28.3. The molecule has 1 atom stereocenters. The van der Waals surface area contributed by atoms with Gasteiger partial charge >= 0.3 is 5.97 Å². The van der Waals surface area contributed by atoms with Gasteiger partial charge in [-0.1, -0.05) is 91.0 Å². The summed E-state index contributed by atoms with van der Waals surface area (Å²) in [5.41, 5.74) is 3.41. The van der Waals surface area contributed by atoms with Crippen LogP contribution in [-0.4, -0.2) is 29.9 Å². The number of carbonyl (C=O) groups is 2. The van der Waals surface area contributed by atoms with Crippen LogP contribution in [0.1, 0.15) is 23.6 Å². The van der Waals surface area contributed by atoms with Crippen LogP contribution in [0.25, 0.3) is 6.08 Å². The Labute approximate surface area is 183 Å². The minimum atomic E-state index is -0.737. The van der Waals surface area contributed by atoms with Crippen LogP contribution in [0.3, 0.4) is 0 Å². The van der Waals surface area contributed by atoms with Crippen molar-refractivity contribution < 1.29 is 14.3 Å². The molecule has 0 aromatic heterocycles. The SMILES string of the molecule is COC(=O)C(Cc1ccccc1)N(Cc1ccccc1)C(=O)/C(C)=C/c1ccccc1. The van der Waals surface area contributed by atoms with Crippen LogP contribution in [-0.2, 0) is 27.3 Å². The average molecular weight is 414 g/mol. The van der Waals surface area contributed by atoms with Crippen LogP contribution in [0.4, 0.5) is 0 Å². The Morgan fingerprint density at radius 2 is 1.35 bits per heavy atom. The molecule has 1 amide bonds. The van der Waals surface area contributed by atoms with Gasteiger partial charge < -0.3 is 9.64 Å². The average Bonchev–Trinajstić information content (AvgIpc) is 2.82. The lowest BCUT2D eigenvalue weighted by Crippen LogP contribution is -2.46. The zero-order valence-corrected chi connectivity index (χ0v) is 17.9. The van der Waals surface area contributed by atoms with Gasteiger partial charge in [-0.05, 0) is 29.7 Å². The minimum Gasteiger partial charge on any atom is -0.467 e. The van der Waals surface area contributed by atoms with Gasteiger partial charge in [0.25, 0.3) is 5.91 Å². The molecule has 0 aliphatic carbocycles. The van der Waals surface area contributed by atoms with Crippen LogP contribution < -0.4 is 0 Å². The van der Waals surface area contributed by atoms with Crippen molar-refractivity contribution >= 4 is 18.0 Å². The van der Waals surface area contributed by atoms with Crippen molar-refractivity contribution in [2.45, 2.75) is 25.9 Å². The van der Waals surface area contributed by atoms with Crippen molar-refractivity contribution in [1.82, 2.24) is 4.90 Å². The summed E-state index contributed by atoms with van der Waals surface area (Å²) in [5.74, 6) is -0.625. The number of amides is 1. The fraction of sp³-hybridized carbons (Fsp3) is 0.185. The molecule has 0 spiro atoms. The summed E-state index contributed by atoms with van der Waals surface area (Å²) in [5, 5.41) is 0. The number of methoxy groups -OCH3 is 1. The van der Waals surface area contributed by atoms with Gasteiger partial charge in [0.15, 0.2) is 0 Å². The van der Waals surface area contributed by atoms with Crippen molar-refractivity contribution in [1.29, 1.82) is 0 Å². The van der Waals surface area contributed by atoms with E-state index in [9.17, 15) is 9.59 Å². The number of nitrogens with zero attached hydrogens (tertiary/aromatic N) is 1. The molecule has 0 radical (unpaired) electrons. The van der Waals surface area contributed by atoms with Gasteiger partial charge in [-0.15, -0.1) is 0 Å². The second kappa shape index (κ2) is 10.9. The van der Waals surface area contributed by atoms with Crippen molar-refractivity contribution in [3.63, 3.8) is 0 Å². The largest absolute Gasteiger partial charge is 0.467 e. The van der Waals surface area contributed by atoms with E-state index in [1.54, 1.807) is 11.8 Å². The first kappa shape index (κ1) is 22.0. The van der Waals surface area contributed by atoms with E-state index in [1.807, 2.05) is 97.1 Å². The fourth-order valence-electron chi connectivity index (χ4n) is 3.49. The number of benzene rings is 3. The normalized spacial score (nSPS) is 12.1. The van der Waals surface area contributed by atoms with E-state index in [0.29, 0.717) is 18.5 Å². The van der Waals surface area contributed by atoms with Gasteiger partial charge in [0.2, 0.25) is 0 Å². The fourth-order valence-corrected chi connectivity index (χ4v) is 3.49. The highest BCUT2D eigenvalue weighted by Crippen LogP contribution is 2.19. The second-order valence-corrected chi connectivity index (χ2v) is 7.39. The lowest BCUT2D eigenvalue weighted by molar-refractivity contribution is -0.152. The van der Waals surface area contributed by atoms with Crippen LogP contribution >= 0.6 is 0 Å². The molecule has 0 aliphatic rings. The van der Waals surface area contributed by atoms with Crippen LogP contribution in [0.2, 0.25) is 0 Å². The number of hydrogen-bond acceptors (Lipinski definition) is 3. The Hall–Kier alpha value is -3.66. The number of rotatable bonds is 8. The molecular formula is C27H27NO3. The predicted octanol–water partition coefficient (Wildman–Crippen LogP) is 4.90. The lowest BCUT2D eigenvalue weighted by atomic mass is 10.0. The third-order valence-electron chi connectivity index (χ3n) is 5.10. The molecule has 4 heteroatoms. The van der Waals surface area contributed by atoms with Crippen LogP contribution in [0, 0.1) is 0 Å². The van der Waals surface area contributed by atoms with E-state index < -0.39 is 12.0 Å². The van der Waals surface area contributed by atoms with E-state index in [-0.39, 0.29) is 5.91 Å². The molecule has 3 aromatic rings. The van der Waals surface area contributed by atoms with E-state index in [2.05, 4.69) is 0 Å². The topological polar surface area (TPSA) is 46.6 Å². The summed E-state index contributed by atoms with van der Waals surface area (Å²) >= 11 is 0. The number of carbonyl (C=O) groups excluding carboxylic acids is 2. The summed E-state index contributed by atoms with van der Waals surface area (Å²) in [6.45, 7) is 2.09. The molecule has 0 heterocycles. The quantitative estimate of drug-likeness (QED) is 0.390. The Kier molecular flexibility index (Phi) is 7.77. The molecular weight excluding hydrogens is 386 g/mol. The van der Waals surface area contributed by atoms with Gasteiger partial charge in [0.1, 0.15) is 6.04 Å². The third kappa shape index (κ3) is 6.16. The first-order valence-corrected chi connectivity index (χ1v) is 10.3. The Morgan fingerprint density at radius 1 is 0.839 bits per heavy atom. The Morgan fingerprint density at radius 3 is 1.90 bits per heavy atom. The zero-order chi connectivity index (χ0) is 22.1. The molecule has 3 rings (SSSR count). The highest BCUT2D eigenvalue weighted by atomic mass is 16.5. The molecule has 0 N–H and O–H groups in total. The summed E-state index contributed by atoms with van der Waals surface area (Å²) in [7, 11) is 1.36. The van der Waals surface area contributed by atoms with Crippen LogP contribution in [0.15, 0.2) is 96.6 Å². The summed E-state index contributed by atoms with van der Waals surface area (Å²) in [6.07, 6.45) is 2.22. The van der Waals surface area contributed by atoms with Crippen molar-refractivity contribution in [3.05, 3.63) is 113 Å². The third-order valence-corrected chi connectivity index (χ3v) is 5.10. The Bertz CT molecular complexity index is 1010. The molecule has 4 nitrogen and oxygen atoms in total. The molecule has 0 bridgehead atoms. The first-order valence-electron chi connectivity index (χ1n) is 10.3. The van der Waals surface area contributed by atoms with E-state index in [1.165, 1.54) is 7.11 Å². The van der Waals surface area contributed by atoms with E-state index >= 15 is 0 Å². The number of hydrogen-bond donors (Lipinski definition) is 0. The van der Waals surface area contributed by atoms with Crippen molar-refractivity contribution in [2.24, 2.45) is 0 Å². The maximum Gasteiger partial charge on any atom is 0.328 e. The van der Waals surface area contributed by atoms with E-state index in [4.69, 9.17) is 4.74 Å². The second-order valence-electron chi connectivity index (χ2n) is 7.39. The van der Waals surface area contributed by atoms with Crippen molar-refractivity contribution in [2.75, 3.05) is 7.11 Å². The lowest BCUT2D eigenvalue weighted by Gasteiger charge is -2.30. The van der Waals surface area contributed by atoms with Crippen molar-refractivity contribution in [3.8, 4) is 0 Å². The highest BCUT2D eigenvalue weighted by Gasteiger charge is 2.31. The molecule has 0 fully saturated rings. The maximum atomic E-state index is 13.6. The van der Waals surface area contributed by atoms with Gasteiger partial charge in [0, 0.05) is 18.5 Å². The molecule has 31 heavy (non-hydrogen) atoms. The zero-order valence-electron chi connectivity index (χ0n) is 17.9. The van der Waals surface area contributed by atoms with Gasteiger partial charge in [-0.3, -0.25) is 4.79 Å². The van der Waals surface area contributed by atoms with Gasteiger partial charge in [-0.2, -0.15) is 0 Å². The molecule has 0 saturated heterocycles. The Balaban J connectivity index is 1.97. The summed E-state index contributed by atoms with van der Waals surface area (Å²) in [4.78, 5) is 28.0. The standard InChI is InChI=1S/C27H27NO3/c1-21(18-22-12-6-3-7-13-22)26(29)28(20-24-16-10-5-11-17-24)25(27(30)31-2)19-23-14-8-4-9-15-23/h3-18,25H,19-20H2,1-2H3/b21-18+. The maximum absolute atomic E-state index is 13.6. The minimum absolute atomic E-state index is 0.195. The number of ether oxygens (including phenoxy) is 1. The van der Waals surface area contributed by atoms with Gasteiger partial charge in [0.05, 0.1) is 7.11 Å². The predicted molar refractivity (Wildman–Crippen MR) is 123 cm³/mol. The highest BCUT2D eigenvalue weighted by molar-refractivity contribution is 5.99. The molecule has 1 unspecified atom stereocenters. The molecule has 3 aromatic carbocycles.